The molecule has 2 rings (SSSR count). The number of hydrogen-bond acceptors (Lipinski definition) is 2. The van der Waals surface area contributed by atoms with Gasteiger partial charge in [0.25, 0.3) is 0 Å². The van der Waals surface area contributed by atoms with Gasteiger partial charge in [0, 0.05) is 11.3 Å². The second-order valence-corrected chi connectivity index (χ2v) is 4.26. The van der Waals surface area contributed by atoms with Crippen molar-refractivity contribution in [2.75, 3.05) is 0 Å². The number of aromatic nitrogens is 1. The molecule has 86 valence electrons. The van der Waals surface area contributed by atoms with Gasteiger partial charge < -0.3 is 0 Å². The fraction of sp³-hybridized carbons (Fsp3) is 0.200. The Kier molecular flexibility index (Phi) is 3.05. The topological polar surface area (TPSA) is 30.0 Å². The molecule has 0 aliphatic carbocycles. The van der Waals surface area contributed by atoms with E-state index < -0.39 is 0 Å². The molecule has 0 radical (unpaired) electrons. The number of benzene rings is 1. The average Bonchev–Trinajstić information content (AvgIpc) is 2.28. The summed E-state index contributed by atoms with van der Waals surface area (Å²) in [5.41, 5.74) is 4.15. The SMILES string of the molecule is Cc1cccc(C(=O)c2c(C)cccc2C)n1. The second-order valence-electron chi connectivity index (χ2n) is 4.26. The first-order valence-electron chi connectivity index (χ1n) is 5.64. The van der Waals surface area contributed by atoms with Gasteiger partial charge in [-0.3, -0.25) is 4.79 Å². The maximum Gasteiger partial charge on any atom is 0.211 e. The van der Waals surface area contributed by atoms with Crippen LogP contribution in [-0.2, 0) is 0 Å². The van der Waals surface area contributed by atoms with E-state index >= 15 is 0 Å². The van der Waals surface area contributed by atoms with Gasteiger partial charge in [-0.1, -0.05) is 24.3 Å². The van der Waals surface area contributed by atoms with Crippen LogP contribution in [0.4, 0.5) is 0 Å². The van der Waals surface area contributed by atoms with Gasteiger partial charge >= 0.3 is 0 Å². The van der Waals surface area contributed by atoms with Crippen LogP contribution >= 0.6 is 0 Å². The lowest BCUT2D eigenvalue weighted by Crippen LogP contribution is -2.08. The Morgan fingerprint density at radius 3 is 2.12 bits per heavy atom. The summed E-state index contributed by atoms with van der Waals surface area (Å²) in [6, 6.07) is 11.4. The number of nitrogens with zero attached hydrogens (tertiary/aromatic N) is 1. The number of pyridine rings is 1. The predicted octanol–water partition coefficient (Wildman–Crippen LogP) is 3.24. The van der Waals surface area contributed by atoms with Crippen LogP contribution in [0.3, 0.4) is 0 Å². The predicted molar refractivity (Wildman–Crippen MR) is 68.3 cm³/mol. The summed E-state index contributed by atoms with van der Waals surface area (Å²) in [5, 5.41) is 0. The summed E-state index contributed by atoms with van der Waals surface area (Å²) in [7, 11) is 0. The molecule has 17 heavy (non-hydrogen) atoms. The fourth-order valence-corrected chi connectivity index (χ4v) is 1.97. The highest BCUT2D eigenvalue weighted by Crippen LogP contribution is 2.17. The Labute approximate surface area is 101 Å². The number of ketones is 1. The molecule has 0 saturated heterocycles. The van der Waals surface area contributed by atoms with Crippen molar-refractivity contribution < 1.29 is 4.79 Å². The van der Waals surface area contributed by atoms with Crippen LogP contribution in [0.25, 0.3) is 0 Å². The summed E-state index contributed by atoms with van der Waals surface area (Å²) in [6.07, 6.45) is 0. The Balaban J connectivity index is 2.51. The lowest BCUT2D eigenvalue weighted by Gasteiger charge is -2.08. The molecule has 1 heterocycles. The molecular weight excluding hydrogens is 210 g/mol. The quantitative estimate of drug-likeness (QED) is 0.734. The Hall–Kier alpha value is -1.96. The van der Waals surface area contributed by atoms with Gasteiger partial charge in [-0.15, -0.1) is 0 Å². The van der Waals surface area contributed by atoms with Crippen molar-refractivity contribution in [1.82, 2.24) is 4.98 Å². The van der Waals surface area contributed by atoms with Gasteiger partial charge in [-0.25, -0.2) is 4.98 Å². The third-order valence-electron chi connectivity index (χ3n) is 2.83. The van der Waals surface area contributed by atoms with Gasteiger partial charge in [0.1, 0.15) is 5.69 Å². The number of rotatable bonds is 2. The van der Waals surface area contributed by atoms with Crippen LogP contribution in [0, 0.1) is 20.8 Å². The van der Waals surface area contributed by atoms with E-state index in [2.05, 4.69) is 4.98 Å². The molecule has 2 aromatic rings. The van der Waals surface area contributed by atoms with E-state index in [1.165, 1.54) is 0 Å². The third-order valence-corrected chi connectivity index (χ3v) is 2.83. The van der Waals surface area contributed by atoms with Crippen molar-refractivity contribution in [2.24, 2.45) is 0 Å². The van der Waals surface area contributed by atoms with Crippen molar-refractivity contribution in [3.63, 3.8) is 0 Å². The minimum absolute atomic E-state index is 0.00398. The highest BCUT2D eigenvalue weighted by atomic mass is 16.1. The maximum absolute atomic E-state index is 12.4. The smallest absolute Gasteiger partial charge is 0.211 e. The number of hydrogen-bond donors (Lipinski definition) is 0. The molecule has 0 atom stereocenters. The Morgan fingerprint density at radius 2 is 1.53 bits per heavy atom. The van der Waals surface area contributed by atoms with Crippen LogP contribution < -0.4 is 0 Å². The minimum Gasteiger partial charge on any atom is -0.287 e. The van der Waals surface area contributed by atoms with Crippen molar-refractivity contribution in [3.8, 4) is 0 Å². The molecule has 2 heteroatoms. The lowest BCUT2D eigenvalue weighted by molar-refractivity contribution is 0.103. The van der Waals surface area contributed by atoms with Crippen LogP contribution in [0.5, 0.6) is 0 Å². The first-order valence-corrected chi connectivity index (χ1v) is 5.64. The van der Waals surface area contributed by atoms with Gasteiger partial charge in [0.05, 0.1) is 0 Å². The molecule has 2 nitrogen and oxygen atoms in total. The number of carbonyl (C=O) groups is 1. The first-order chi connectivity index (χ1) is 8.09. The average molecular weight is 225 g/mol. The number of carbonyl (C=O) groups excluding carboxylic acids is 1. The lowest BCUT2D eigenvalue weighted by atomic mass is 9.97. The minimum atomic E-state index is 0.00398. The Bertz CT molecular complexity index is 553. The molecule has 1 aromatic carbocycles. The first kappa shape index (κ1) is 11.5. The number of aryl methyl sites for hydroxylation is 3. The van der Waals surface area contributed by atoms with E-state index in [-0.39, 0.29) is 5.78 Å². The molecular formula is C15H15NO. The van der Waals surface area contributed by atoms with E-state index in [9.17, 15) is 4.79 Å². The zero-order valence-electron chi connectivity index (χ0n) is 10.3. The highest BCUT2D eigenvalue weighted by molar-refractivity contribution is 6.09. The standard InChI is InChI=1S/C15H15NO/c1-10-6-4-7-11(2)14(10)15(17)13-9-5-8-12(3)16-13/h4-9H,1-3H3. The van der Waals surface area contributed by atoms with Gasteiger partial charge in [-0.05, 0) is 44.0 Å². The monoisotopic (exact) mass is 225 g/mol. The molecule has 1 aromatic heterocycles. The van der Waals surface area contributed by atoms with Crippen LogP contribution in [0.2, 0.25) is 0 Å². The summed E-state index contributed by atoms with van der Waals surface area (Å²) >= 11 is 0. The molecule has 0 N–H and O–H groups in total. The molecule has 0 aliphatic rings. The van der Waals surface area contributed by atoms with Crippen LogP contribution in [-0.4, -0.2) is 10.8 Å². The molecule has 0 saturated carbocycles. The molecule has 0 fully saturated rings. The molecule has 0 amide bonds. The van der Waals surface area contributed by atoms with Gasteiger partial charge in [0.2, 0.25) is 5.78 Å². The van der Waals surface area contributed by atoms with E-state index in [0.717, 1.165) is 22.4 Å². The van der Waals surface area contributed by atoms with Crippen LogP contribution in [0.1, 0.15) is 32.9 Å². The summed E-state index contributed by atoms with van der Waals surface area (Å²) in [5.74, 6) is 0.00398. The second kappa shape index (κ2) is 4.50. The summed E-state index contributed by atoms with van der Waals surface area (Å²) in [4.78, 5) is 16.7. The summed E-state index contributed by atoms with van der Waals surface area (Å²) < 4.78 is 0. The van der Waals surface area contributed by atoms with E-state index in [0.29, 0.717) is 5.69 Å². The zero-order valence-corrected chi connectivity index (χ0v) is 10.3. The van der Waals surface area contributed by atoms with E-state index in [1.807, 2.05) is 51.1 Å². The molecule has 0 bridgehead atoms. The third kappa shape index (κ3) is 2.26. The zero-order chi connectivity index (χ0) is 12.4. The Morgan fingerprint density at radius 1 is 0.941 bits per heavy atom. The summed E-state index contributed by atoms with van der Waals surface area (Å²) in [6.45, 7) is 5.80. The van der Waals surface area contributed by atoms with Gasteiger partial charge in [0.15, 0.2) is 0 Å². The fourth-order valence-electron chi connectivity index (χ4n) is 1.97. The largest absolute Gasteiger partial charge is 0.287 e. The van der Waals surface area contributed by atoms with Gasteiger partial charge in [-0.2, -0.15) is 0 Å². The molecule has 0 aliphatic heterocycles. The van der Waals surface area contributed by atoms with Crippen molar-refractivity contribution in [3.05, 3.63) is 64.5 Å². The highest BCUT2D eigenvalue weighted by Gasteiger charge is 2.15. The molecule has 0 unspecified atom stereocenters. The maximum atomic E-state index is 12.4. The van der Waals surface area contributed by atoms with E-state index in [1.54, 1.807) is 6.07 Å². The molecule has 0 spiro atoms. The van der Waals surface area contributed by atoms with E-state index in [4.69, 9.17) is 0 Å². The van der Waals surface area contributed by atoms with Crippen LogP contribution in [0.15, 0.2) is 36.4 Å². The normalized spacial score (nSPS) is 10.3. The van der Waals surface area contributed by atoms with Crippen molar-refractivity contribution >= 4 is 5.78 Å². The van der Waals surface area contributed by atoms with Crippen molar-refractivity contribution in [1.29, 1.82) is 0 Å². The van der Waals surface area contributed by atoms with Crippen molar-refractivity contribution in [2.45, 2.75) is 20.8 Å².